The summed E-state index contributed by atoms with van der Waals surface area (Å²) < 4.78 is 5.03. The molecule has 0 unspecified atom stereocenters. The van der Waals surface area contributed by atoms with Crippen molar-refractivity contribution in [3.05, 3.63) is 58.6 Å². The predicted molar refractivity (Wildman–Crippen MR) is 93.3 cm³/mol. The van der Waals surface area contributed by atoms with Gasteiger partial charge in [0.1, 0.15) is 6.07 Å². The van der Waals surface area contributed by atoms with Gasteiger partial charge in [0, 0.05) is 10.6 Å². The first-order valence-electron chi connectivity index (χ1n) is 6.84. The van der Waals surface area contributed by atoms with Crippen molar-refractivity contribution in [2.75, 3.05) is 18.2 Å². The number of benzene rings is 2. The number of esters is 1. The number of nitrogens with one attached hydrogen (secondary N) is 1. The van der Waals surface area contributed by atoms with E-state index in [2.05, 4.69) is 5.32 Å². The van der Waals surface area contributed by atoms with Crippen LogP contribution in [-0.2, 0) is 9.53 Å². The van der Waals surface area contributed by atoms with Crippen LogP contribution in [0.25, 0.3) is 0 Å². The first-order valence-corrected chi connectivity index (χ1v) is 8.45. The van der Waals surface area contributed by atoms with Crippen LogP contribution >= 0.6 is 23.4 Å². The minimum Gasteiger partial charge on any atom is -0.452 e. The van der Waals surface area contributed by atoms with Crippen molar-refractivity contribution in [1.82, 2.24) is 0 Å². The highest BCUT2D eigenvalue weighted by Gasteiger charge is 2.14. The average molecular weight is 361 g/mol. The van der Waals surface area contributed by atoms with Gasteiger partial charge in [-0.05, 0) is 36.6 Å². The summed E-state index contributed by atoms with van der Waals surface area (Å²) in [7, 11) is 0. The van der Waals surface area contributed by atoms with Crippen LogP contribution in [0.4, 0.5) is 5.69 Å². The van der Waals surface area contributed by atoms with Gasteiger partial charge < -0.3 is 10.1 Å². The lowest BCUT2D eigenvalue weighted by Crippen LogP contribution is -2.21. The van der Waals surface area contributed by atoms with Gasteiger partial charge >= 0.3 is 5.97 Å². The van der Waals surface area contributed by atoms with E-state index in [4.69, 9.17) is 21.6 Å². The highest BCUT2D eigenvalue weighted by atomic mass is 35.5. The Morgan fingerprint density at radius 2 is 2.04 bits per heavy atom. The zero-order chi connectivity index (χ0) is 17.5. The molecule has 0 saturated heterocycles. The summed E-state index contributed by atoms with van der Waals surface area (Å²) in [5.74, 6) is -1.06. The third kappa shape index (κ3) is 4.51. The number of anilines is 1. The molecule has 1 N–H and O–H groups in total. The molecule has 5 nitrogen and oxygen atoms in total. The first-order chi connectivity index (χ1) is 11.5. The van der Waals surface area contributed by atoms with E-state index < -0.39 is 18.5 Å². The van der Waals surface area contributed by atoms with Gasteiger partial charge in [0.05, 0.1) is 16.1 Å². The van der Waals surface area contributed by atoms with Gasteiger partial charge in [-0.1, -0.05) is 23.7 Å². The van der Waals surface area contributed by atoms with Crippen LogP contribution in [-0.4, -0.2) is 24.7 Å². The number of amides is 1. The summed E-state index contributed by atoms with van der Waals surface area (Å²) in [5, 5.41) is 11.6. The topological polar surface area (TPSA) is 79.2 Å². The van der Waals surface area contributed by atoms with Gasteiger partial charge in [0.2, 0.25) is 0 Å². The molecule has 7 heteroatoms. The second-order valence-corrected chi connectivity index (χ2v) is 5.89. The Morgan fingerprint density at radius 1 is 1.29 bits per heavy atom. The molecule has 0 spiro atoms. The van der Waals surface area contributed by atoms with E-state index in [1.165, 1.54) is 23.9 Å². The van der Waals surface area contributed by atoms with Crippen molar-refractivity contribution in [3.8, 4) is 6.07 Å². The highest BCUT2D eigenvalue weighted by Crippen LogP contribution is 2.21. The summed E-state index contributed by atoms with van der Waals surface area (Å²) in [5.41, 5.74) is 1.15. The fourth-order valence-electron chi connectivity index (χ4n) is 1.90. The van der Waals surface area contributed by atoms with Crippen molar-refractivity contribution in [1.29, 1.82) is 5.26 Å². The molecule has 2 aromatic carbocycles. The van der Waals surface area contributed by atoms with Crippen molar-refractivity contribution in [2.45, 2.75) is 4.90 Å². The van der Waals surface area contributed by atoms with Crippen molar-refractivity contribution in [3.63, 3.8) is 0 Å². The zero-order valence-electron chi connectivity index (χ0n) is 12.7. The molecule has 0 atom stereocenters. The number of nitriles is 1. The molecule has 2 rings (SSSR count). The van der Waals surface area contributed by atoms with Gasteiger partial charge in [0.25, 0.3) is 5.91 Å². The van der Waals surface area contributed by atoms with Crippen LogP contribution in [0.2, 0.25) is 5.02 Å². The number of nitrogens with zero attached hydrogens (tertiary/aromatic N) is 1. The largest absolute Gasteiger partial charge is 0.452 e. The minimum atomic E-state index is -0.562. The Kier molecular flexibility index (Phi) is 6.24. The molecule has 122 valence electrons. The Bertz CT molecular complexity index is 818. The zero-order valence-corrected chi connectivity index (χ0v) is 14.3. The predicted octanol–water partition coefficient (Wildman–Crippen LogP) is 3.73. The highest BCUT2D eigenvalue weighted by molar-refractivity contribution is 7.98. The van der Waals surface area contributed by atoms with Crippen LogP contribution in [0.1, 0.15) is 15.9 Å². The molecule has 0 fully saturated rings. The minimum absolute atomic E-state index is 0.237. The maximum absolute atomic E-state index is 12.0. The number of thioether (sulfide) groups is 1. The SMILES string of the molecule is CSc1ccccc1C(=O)OCC(=O)Nc1ccc(C#N)c(Cl)c1. The molecule has 0 aliphatic rings. The summed E-state index contributed by atoms with van der Waals surface area (Å²) in [6, 6.07) is 13.4. The number of halogens is 1. The molecule has 0 radical (unpaired) electrons. The molecular formula is C17H13ClN2O3S. The van der Waals surface area contributed by atoms with Gasteiger partial charge in [-0.3, -0.25) is 4.79 Å². The Labute approximate surface area is 148 Å². The standard InChI is InChI=1S/C17H13ClN2O3S/c1-24-15-5-3-2-4-13(15)17(22)23-10-16(21)20-12-7-6-11(9-19)14(18)8-12/h2-8H,10H2,1H3,(H,20,21). The molecule has 0 aromatic heterocycles. The Hall–Kier alpha value is -2.49. The van der Waals surface area contributed by atoms with Crippen molar-refractivity contribution >= 4 is 40.9 Å². The molecule has 0 heterocycles. The van der Waals surface area contributed by atoms with Crippen LogP contribution < -0.4 is 5.32 Å². The Morgan fingerprint density at radius 3 is 2.71 bits per heavy atom. The molecule has 0 bridgehead atoms. The van der Waals surface area contributed by atoms with Crippen LogP contribution in [0.5, 0.6) is 0 Å². The van der Waals surface area contributed by atoms with Crippen molar-refractivity contribution in [2.24, 2.45) is 0 Å². The second kappa shape index (κ2) is 8.39. The molecule has 24 heavy (non-hydrogen) atoms. The molecule has 0 aliphatic carbocycles. The van der Waals surface area contributed by atoms with Crippen LogP contribution in [0, 0.1) is 11.3 Å². The third-order valence-corrected chi connectivity index (χ3v) is 4.14. The lowest BCUT2D eigenvalue weighted by Gasteiger charge is -2.09. The monoisotopic (exact) mass is 360 g/mol. The first kappa shape index (κ1) is 17.9. The van der Waals surface area contributed by atoms with Gasteiger partial charge in [-0.2, -0.15) is 5.26 Å². The number of hydrogen-bond acceptors (Lipinski definition) is 5. The normalized spacial score (nSPS) is 9.88. The van der Waals surface area contributed by atoms with E-state index >= 15 is 0 Å². The molecule has 1 amide bonds. The summed E-state index contributed by atoms with van der Waals surface area (Å²) in [4.78, 5) is 24.7. The van der Waals surface area contributed by atoms with E-state index in [0.29, 0.717) is 16.8 Å². The number of carbonyl (C=O) groups excluding carboxylic acids is 2. The van der Waals surface area contributed by atoms with Gasteiger partial charge in [-0.15, -0.1) is 11.8 Å². The quantitative estimate of drug-likeness (QED) is 0.649. The number of carbonyl (C=O) groups is 2. The van der Waals surface area contributed by atoms with Crippen LogP contribution in [0.3, 0.4) is 0 Å². The number of rotatable bonds is 5. The molecular weight excluding hydrogens is 348 g/mol. The maximum Gasteiger partial charge on any atom is 0.339 e. The lowest BCUT2D eigenvalue weighted by atomic mass is 10.2. The molecule has 2 aromatic rings. The van der Waals surface area contributed by atoms with E-state index in [1.54, 1.807) is 24.3 Å². The van der Waals surface area contributed by atoms with Gasteiger partial charge in [-0.25, -0.2) is 4.79 Å². The maximum atomic E-state index is 12.0. The fourth-order valence-corrected chi connectivity index (χ4v) is 2.71. The van der Waals surface area contributed by atoms with E-state index in [9.17, 15) is 9.59 Å². The van der Waals surface area contributed by atoms with E-state index in [0.717, 1.165) is 4.90 Å². The molecule has 0 aliphatic heterocycles. The smallest absolute Gasteiger partial charge is 0.339 e. The Balaban J connectivity index is 1.95. The summed E-state index contributed by atoms with van der Waals surface area (Å²) in [6.45, 7) is -0.417. The van der Waals surface area contributed by atoms with Crippen LogP contribution in [0.15, 0.2) is 47.4 Å². The van der Waals surface area contributed by atoms with E-state index in [-0.39, 0.29) is 5.02 Å². The lowest BCUT2D eigenvalue weighted by molar-refractivity contribution is -0.119. The molecule has 0 saturated carbocycles. The van der Waals surface area contributed by atoms with Gasteiger partial charge in [0.15, 0.2) is 6.61 Å². The fraction of sp³-hybridized carbons (Fsp3) is 0.118. The summed E-state index contributed by atoms with van der Waals surface area (Å²) >= 11 is 7.32. The summed E-state index contributed by atoms with van der Waals surface area (Å²) in [6.07, 6.45) is 1.85. The second-order valence-electron chi connectivity index (χ2n) is 4.63. The third-order valence-electron chi connectivity index (χ3n) is 3.03. The van der Waals surface area contributed by atoms with E-state index in [1.807, 2.05) is 18.4 Å². The number of hydrogen-bond donors (Lipinski definition) is 1. The number of ether oxygens (including phenoxy) is 1. The van der Waals surface area contributed by atoms with Crippen molar-refractivity contribution < 1.29 is 14.3 Å². The average Bonchev–Trinajstić information content (AvgIpc) is 2.59.